The Kier molecular flexibility index (Phi) is 4.70. The minimum absolute atomic E-state index is 0.0188. The van der Waals surface area contributed by atoms with Crippen molar-refractivity contribution in [1.29, 1.82) is 0 Å². The number of hydrogen-bond donors (Lipinski definition) is 1. The fourth-order valence-electron chi connectivity index (χ4n) is 2.91. The number of fused-ring (bicyclic) bond motifs is 1. The third-order valence-corrected chi connectivity index (χ3v) is 4.87. The van der Waals surface area contributed by atoms with Gasteiger partial charge in [-0.2, -0.15) is 0 Å². The Morgan fingerprint density at radius 2 is 1.96 bits per heavy atom. The summed E-state index contributed by atoms with van der Waals surface area (Å²) in [4.78, 5) is 26.7. The lowest BCUT2D eigenvalue weighted by molar-refractivity contribution is -0.135. The number of terminal acetylenes is 1. The highest BCUT2D eigenvalue weighted by Crippen LogP contribution is 2.44. The van der Waals surface area contributed by atoms with Crippen LogP contribution in [0, 0.1) is 12.3 Å². The molecule has 1 amide bonds. The van der Waals surface area contributed by atoms with Crippen LogP contribution in [0.1, 0.15) is 22.3 Å². The second-order valence-corrected chi connectivity index (χ2v) is 7.08. The van der Waals surface area contributed by atoms with Gasteiger partial charge in [-0.3, -0.25) is 14.5 Å². The molecule has 0 aromatic heterocycles. The molecule has 4 nitrogen and oxygen atoms in total. The number of carbonyl (C=O) groups is 2. The molecule has 25 heavy (non-hydrogen) atoms. The van der Waals surface area contributed by atoms with E-state index in [4.69, 9.17) is 18.0 Å². The number of nitrogens with zero attached hydrogens (tertiary/aromatic N) is 1. The molecule has 2 aromatic carbocycles. The van der Waals surface area contributed by atoms with Gasteiger partial charge in [0, 0.05) is 20.6 Å². The number of benzene rings is 2. The van der Waals surface area contributed by atoms with Gasteiger partial charge in [0.15, 0.2) is 11.4 Å². The molecule has 2 aromatic rings. The number of aliphatic hydroxyl groups is 1. The Labute approximate surface area is 158 Å². The standard InChI is InChI=1S/C19H13BrClNO3/c1-2-9-22-16-8-5-13(20)10-15(16)19(25,18(22)24)11-17(23)12-3-6-14(21)7-4-12/h1,3-8,10,25H,9,11H2/t19-/m0/s1. The Bertz CT molecular complexity index is 904. The molecule has 1 N–H and O–H groups in total. The summed E-state index contributed by atoms with van der Waals surface area (Å²) < 4.78 is 0.693. The van der Waals surface area contributed by atoms with Crippen molar-refractivity contribution in [1.82, 2.24) is 0 Å². The number of Topliss-reactive ketones (excluding diaryl/α,β-unsaturated/α-hetero) is 1. The van der Waals surface area contributed by atoms with Crippen LogP contribution in [0.15, 0.2) is 46.9 Å². The van der Waals surface area contributed by atoms with Gasteiger partial charge in [-0.05, 0) is 42.5 Å². The average molecular weight is 419 g/mol. The Morgan fingerprint density at radius 3 is 2.60 bits per heavy atom. The average Bonchev–Trinajstić information content (AvgIpc) is 2.77. The van der Waals surface area contributed by atoms with Crippen LogP contribution in [0.2, 0.25) is 5.02 Å². The zero-order valence-electron chi connectivity index (χ0n) is 13.0. The molecule has 1 aliphatic heterocycles. The lowest BCUT2D eigenvalue weighted by atomic mass is 9.88. The molecule has 0 saturated carbocycles. The van der Waals surface area contributed by atoms with Crippen molar-refractivity contribution >= 4 is 44.9 Å². The maximum absolute atomic E-state index is 12.8. The lowest BCUT2D eigenvalue weighted by Gasteiger charge is -2.22. The smallest absolute Gasteiger partial charge is 0.265 e. The summed E-state index contributed by atoms with van der Waals surface area (Å²) in [7, 11) is 0. The van der Waals surface area contributed by atoms with Gasteiger partial charge in [-0.15, -0.1) is 6.42 Å². The molecule has 6 heteroatoms. The van der Waals surface area contributed by atoms with Gasteiger partial charge >= 0.3 is 0 Å². The van der Waals surface area contributed by atoms with Crippen LogP contribution in [0.5, 0.6) is 0 Å². The first-order valence-corrected chi connectivity index (χ1v) is 8.60. The van der Waals surface area contributed by atoms with Gasteiger partial charge in [0.1, 0.15) is 0 Å². The molecular weight excluding hydrogens is 406 g/mol. The van der Waals surface area contributed by atoms with E-state index >= 15 is 0 Å². The molecule has 0 fully saturated rings. The number of ketones is 1. The van der Waals surface area contributed by atoms with Crippen molar-refractivity contribution in [2.45, 2.75) is 12.0 Å². The number of carbonyl (C=O) groups excluding carboxylic acids is 2. The van der Waals surface area contributed by atoms with Gasteiger partial charge in [0.25, 0.3) is 5.91 Å². The van der Waals surface area contributed by atoms with Crippen molar-refractivity contribution < 1.29 is 14.7 Å². The van der Waals surface area contributed by atoms with E-state index in [9.17, 15) is 14.7 Å². The molecule has 1 aliphatic rings. The summed E-state index contributed by atoms with van der Waals surface area (Å²) in [6, 6.07) is 11.4. The minimum Gasteiger partial charge on any atom is -0.375 e. The fraction of sp³-hybridized carbons (Fsp3) is 0.158. The summed E-state index contributed by atoms with van der Waals surface area (Å²) in [6.07, 6.45) is 4.96. The van der Waals surface area contributed by atoms with Gasteiger partial charge in [-0.25, -0.2) is 0 Å². The van der Waals surface area contributed by atoms with Crippen LogP contribution in [0.3, 0.4) is 0 Å². The number of anilines is 1. The first-order valence-electron chi connectivity index (χ1n) is 7.43. The van der Waals surface area contributed by atoms with Crippen molar-refractivity contribution in [2.75, 3.05) is 11.4 Å². The number of rotatable bonds is 4. The summed E-state index contributed by atoms with van der Waals surface area (Å²) in [6.45, 7) is 0.0188. The molecule has 1 heterocycles. The lowest BCUT2D eigenvalue weighted by Crippen LogP contribution is -2.42. The van der Waals surface area contributed by atoms with Crippen molar-refractivity contribution in [3.63, 3.8) is 0 Å². The maximum atomic E-state index is 12.8. The second kappa shape index (κ2) is 6.64. The van der Waals surface area contributed by atoms with E-state index in [0.717, 1.165) is 0 Å². The first kappa shape index (κ1) is 17.7. The zero-order chi connectivity index (χ0) is 18.2. The third kappa shape index (κ3) is 3.09. The van der Waals surface area contributed by atoms with Crippen LogP contribution in [-0.2, 0) is 10.4 Å². The predicted octanol–water partition coefficient (Wildman–Crippen LogP) is 3.54. The largest absolute Gasteiger partial charge is 0.375 e. The van der Waals surface area contributed by atoms with Crippen LogP contribution < -0.4 is 4.90 Å². The number of amides is 1. The SMILES string of the molecule is C#CCN1C(=O)[C@](O)(CC(=O)c2ccc(Cl)cc2)c2cc(Br)ccc21. The van der Waals surface area contributed by atoms with Gasteiger partial charge in [0.05, 0.1) is 18.7 Å². The van der Waals surface area contributed by atoms with E-state index in [1.807, 2.05) is 0 Å². The molecular formula is C19H13BrClNO3. The normalized spacial score (nSPS) is 18.8. The van der Waals surface area contributed by atoms with E-state index in [1.165, 1.54) is 4.90 Å². The van der Waals surface area contributed by atoms with Crippen LogP contribution >= 0.6 is 27.5 Å². The number of hydrogen-bond acceptors (Lipinski definition) is 3. The summed E-state index contributed by atoms with van der Waals surface area (Å²) in [5.41, 5.74) is -0.702. The zero-order valence-corrected chi connectivity index (χ0v) is 15.3. The van der Waals surface area contributed by atoms with E-state index < -0.39 is 11.5 Å². The molecule has 0 radical (unpaired) electrons. The van der Waals surface area contributed by atoms with Gasteiger partial charge in [0.2, 0.25) is 0 Å². The third-order valence-electron chi connectivity index (χ3n) is 4.13. The van der Waals surface area contributed by atoms with Crippen LogP contribution in [0.25, 0.3) is 0 Å². The van der Waals surface area contributed by atoms with Gasteiger partial charge in [-0.1, -0.05) is 33.5 Å². The van der Waals surface area contributed by atoms with Crippen molar-refractivity contribution in [2.24, 2.45) is 0 Å². The molecule has 0 aliphatic carbocycles. The van der Waals surface area contributed by atoms with Crippen molar-refractivity contribution in [3.05, 3.63) is 63.1 Å². The highest BCUT2D eigenvalue weighted by atomic mass is 79.9. The first-order chi connectivity index (χ1) is 11.9. The van der Waals surface area contributed by atoms with Crippen LogP contribution in [0.4, 0.5) is 5.69 Å². The van der Waals surface area contributed by atoms with Crippen molar-refractivity contribution in [3.8, 4) is 12.3 Å². The maximum Gasteiger partial charge on any atom is 0.265 e. The molecule has 3 rings (SSSR count). The monoisotopic (exact) mass is 417 g/mol. The van der Waals surface area contributed by atoms with E-state index in [0.29, 0.717) is 26.3 Å². The molecule has 0 unspecified atom stereocenters. The fourth-order valence-corrected chi connectivity index (χ4v) is 3.40. The highest BCUT2D eigenvalue weighted by Gasteiger charge is 2.50. The Balaban J connectivity index is 2.01. The van der Waals surface area contributed by atoms with Gasteiger partial charge < -0.3 is 5.11 Å². The molecule has 0 spiro atoms. The molecule has 0 saturated heterocycles. The predicted molar refractivity (Wildman–Crippen MR) is 99.6 cm³/mol. The van der Waals surface area contributed by atoms with E-state index in [-0.39, 0.29) is 18.7 Å². The minimum atomic E-state index is -1.95. The molecule has 126 valence electrons. The van der Waals surface area contributed by atoms with E-state index in [2.05, 4.69) is 21.9 Å². The molecule has 0 bridgehead atoms. The second-order valence-electron chi connectivity index (χ2n) is 5.72. The summed E-state index contributed by atoms with van der Waals surface area (Å²) >= 11 is 9.16. The number of halogens is 2. The van der Waals surface area contributed by atoms with Crippen LogP contribution in [-0.4, -0.2) is 23.3 Å². The topological polar surface area (TPSA) is 57.6 Å². The highest BCUT2D eigenvalue weighted by molar-refractivity contribution is 9.10. The Hall–Kier alpha value is -2.13. The Morgan fingerprint density at radius 1 is 1.28 bits per heavy atom. The molecule has 1 atom stereocenters. The van der Waals surface area contributed by atoms with E-state index in [1.54, 1.807) is 42.5 Å². The summed E-state index contributed by atoms with van der Waals surface area (Å²) in [5, 5.41) is 11.6. The quantitative estimate of drug-likeness (QED) is 0.610. The summed E-state index contributed by atoms with van der Waals surface area (Å²) in [5.74, 6) is 1.45.